The Morgan fingerprint density at radius 2 is 2.00 bits per heavy atom. The summed E-state index contributed by atoms with van der Waals surface area (Å²) in [7, 11) is 1.66. The molecule has 2 N–H and O–H groups in total. The lowest BCUT2D eigenvalue weighted by Crippen LogP contribution is -2.40. The molecule has 0 radical (unpaired) electrons. The van der Waals surface area contributed by atoms with Gasteiger partial charge in [-0.1, -0.05) is 20.8 Å². The Hall–Kier alpha value is -0.610. The summed E-state index contributed by atoms with van der Waals surface area (Å²) in [4.78, 5) is 14.1. The van der Waals surface area contributed by atoms with Crippen LogP contribution in [0.4, 0.5) is 0 Å². The van der Waals surface area contributed by atoms with Gasteiger partial charge in [0.25, 0.3) is 0 Å². The lowest BCUT2D eigenvalue weighted by atomic mass is 10.0. The van der Waals surface area contributed by atoms with Crippen molar-refractivity contribution in [1.29, 1.82) is 0 Å². The molecule has 0 aromatic carbocycles. The highest BCUT2D eigenvalue weighted by atomic mass is 16.5. The number of carbonyl (C=O) groups is 1. The van der Waals surface area contributed by atoms with Crippen molar-refractivity contribution in [2.24, 2.45) is 17.6 Å². The molecule has 0 aliphatic carbocycles. The van der Waals surface area contributed by atoms with Crippen molar-refractivity contribution < 1.29 is 9.53 Å². The summed E-state index contributed by atoms with van der Waals surface area (Å²) in [6.45, 7) is 8.96. The van der Waals surface area contributed by atoms with Gasteiger partial charge in [-0.3, -0.25) is 4.79 Å². The van der Waals surface area contributed by atoms with Crippen LogP contribution < -0.4 is 5.73 Å². The fourth-order valence-corrected chi connectivity index (χ4v) is 1.79. The van der Waals surface area contributed by atoms with Crippen molar-refractivity contribution >= 4 is 5.91 Å². The molecule has 1 unspecified atom stereocenters. The molecule has 1 amide bonds. The van der Waals surface area contributed by atoms with Crippen LogP contribution >= 0.6 is 0 Å². The number of nitrogens with two attached hydrogens (primary N) is 1. The molecule has 0 spiro atoms. The predicted octanol–water partition coefficient (Wildman–Crippen LogP) is 1.49. The minimum atomic E-state index is 0.0640. The molecule has 0 saturated carbocycles. The van der Waals surface area contributed by atoms with Crippen LogP contribution in [0.1, 0.15) is 33.6 Å². The number of nitrogens with zero attached hydrogens (tertiary/aromatic N) is 1. The topological polar surface area (TPSA) is 55.6 Å². The van der Waals surface area contributed by atoms with E-state index in [9.17, 15) is 4.79 Å². The first kappa shape index (κ1) is 16.4. The molecule has 0 rings (SSSR count). The van der Waals surface area contributed by atoms with Crippen LogP contribution in [-0.4, -0.2) is 44.2 Å². The van der Waals surface area contributed by atoms with Crippen LogP contribution in [0.25, 0.3) is 0 Å². The van der Waals surface area contributed by atoms with Crippen LogP contribution in [0.2, 0.25) is 0 Å². The Balaban J connectivity index is 4.28. The Bertz CT molecular complexity index is 208. The molecule has 0 aliphatic rings. The second kappa shape index (κ2) is 9.42. The summed E-state index contributed by atoms with van der Waals surface area (Å²) in [6, 6.07) is 0. The van der Waals surface area contributed by atoms with Gasteiger partial charge in [-0.2, -0.15) is 0 Å². The van der Waals surface area contributed by atoms with Gasteiger partial charge in [0.2, 0.25) is 5.91 Å². The van der Waals surface area contributed by atoms with Crippen molar-refractivity contribution in [3.05, 3.63) is 0 Å². The normalized spacial score (nSPS) is 12.8. The number of carbonyl (C=O) groups excluding carboxylic acids is 1. The van der Waals surface area contributed by atoms with E-state index in [1.165, 1.54) is 0 Å². The molecule has 1 atom stereocenters. The highest BCUT2D eigenvalue weighted by molar-refractivity contribution is 5.78. The molecular weight excluding hydrogens is 216 g/mol. The van der Waals surface area contributed by atoms with Crippen LogP contribution in [0.15, 0.2) is 0 Å². The maximum absolute atomic E-state index is 12.2. The number of rotatable bonds is 9. The molecule has 0 aromatic rings. The quantitative estimate of drug-likeness (QED) is 0.668. The minimum absolute atomic E-state index is 0.0640. The molecule has 102 valence electrons. The zero-order valence-corrected chi connectivity index (χ0v) is 11.7. The van der Waals surface area contributed by atoms with E-state index < -0.39 is 0 Å². The number of hydrogen-bond donors (Lipinski definition) is 1. The average molecular weight is 244 g/mol. The summed E-state index contributed by atoms with van der Waals surface area (Å²) in [6.07, 6.45) is 1.78. The molecule has 4 nitrogen and oxygen atoms in total. The van der Waals surface area contributed by atoms with E-state index in [-0.39, 0.29) is 11.8 Å². The molecule has 0 aromatic heterocycles. The number of amides is 1. The highest BCUT2D eigenvalue weighted by Crippen LogP contribution is 2.11. The standard InChI is InChI=1S/C13H28N2O2/c1-11(2)10-15(8-9-17-4)13(16)12(3)6-5-7-14/h11-12H,5-10,14H2,1-4H3. The zero-order valence-electron chi connectivity index (χ0n) is 11.7. The van der Waals surface area contributed by atoms with Gasteiger partial charge in [0.15, 0.2) is 0 Å². The Labute approximate surface area is 105 Å². The van der Waals surface area contributed by atoms with Gasteiger partial charge >= 0.3 is 0 Å². The first-order valence-electron chi connectivity index (χ1n) is 6.50. The fraction of sp³-hybridized carbons (Fsp3) is 0.923. The molecule has 4 heteroatoms. The van der Waals surface area contributed by atoms with E-state index in [1.807, 2.05) is 11.8 Å². The first-order chi connectivity index (χ1) is 8.02. The van der Waals surface area contributed by atoms with Gasteiger partial charge in [-0.05, 0) is 25.3 Å². The van der Waals surface area contributed by atoms with E-state index in [0.717, 1.165) is 19.4 Å². The van der Waals surface area contributed by atoms with E-state index in [0.29, 0.717) is 25.6 Å². The van der Waals surface area contributed by atoms with Crippen molar-refractivity contribution in [3.63, 3.8) is 0 Å². The number of ether oxygens (including phenoxy) is 1. The van der Waals surface area contributed by atoms with Crippen LogP contribution in [-0.2, 0) is 9.53 Å². The SMILES string of the molecule is COCCN(CC(C)C)C(=O)C(C)CCCN. The van der Waals surface area contributed by atoms with Crippen LogP contribution in [0.5, 0.6) is 0 Å². The monoisotopic (exact) mass is 244 g/mol. The van der Waals surface area contributed by atoms with Gasteiger partial charge in [-0.25, -0.2) is 0 Å². The molecule has 0 bridgehead atoms. The third-order valence-corrected chi connectivity index (χ3v) is 2.73. The zero-order chi connectivity index (χ0) is 13.3. The lowest BCUT2D eigenvalue weighted by molar-refractivity contribution is -0.136. The summed E-state index contributed by atoms with van der Waals surface area (Å²) < 4.78 is 5.05. The molecule has 0 heterocycles. The van der Waals surface area contributed by atoms with Gasteiger partial charge in [0, 0.05) is 26.1 Å². The molecule has 0 saturated heterocycles. The Morgan fingerprint density at radius 1 is 1.35 bits per heavy atom. The summed E-state index contributed by atoms with van der Waals surface area (Å²) in [5, 5.41) is 0. The largest absolute Gasteiger partial charge is 0.383 e. The Morgan fingerprint density at radius 3 is 2.47 bits per heavy atom. The summed E-state index contributed by atoms with van der Waals surface area (Å²) in [5.41, 5.74) is 5.47. The average Bonchev–Trinajstić information content (AvgIpc) is 2.29. The van der Waals surface area contributed by atoms with Crippen molar-refractivity contribution in [1.82, 2.24) is 4.90 Å². The maximum Gasteiger partial charge on any atom is 0.225 e. The second-order valence-corrected chi connectivity index (χ2v) is 5.00. The summed E-state index contributed by atoms with van der Waals surface area (Å²) in [5.74, 6) is 0.774. The number of methoxy groups -OCH3 is 1. The second-order valence-electron chi connectivity index (χ2n) is 5.00. The van der Waals surface area contributed by atoms with E-state index in [1.54, 1.807) is 7.11 Å². The van der Waals surface area contributed by atoms with E-state index >= 15 is 0 Å². The highest BCUT2D eigenvalue weighted by Gasteiger charge is 2.20. The molecule has 0 fully saturated rings. The van der Waals surface area contributed by atoms with Crippen molar-refractivity contribution in [2.45, 2.75) is 33.6 Å². The summed E-state index contributed by atoms with van der Waals surface area (Å²) >= 11 is 0. The molecule has 0 aliphatic heterocycles. The smallest absolute Gasteiger partial charge is 0.225 e. The predicted molar refractivity (Wildman–Crippen MR) is 70.7 cm³/mol. The minimum Gasteiger partial charge on any atom is -0.383 e. The van der Waals surface area contributed by atoms with Gasteiger partial charge in [0.05, 0.1) is 6.61 Å². The maximum atomic E-state index is 12.2. The van der Waals surface area contributed by atoms with Crippen LogP contribution in [0, 0.1) is 11.8 Å². The lowest BCUT2D eigenvalue weighted by Gasteiger charge is -2.27. The third kappa shape index (κ3) is 7.34. The Kier molecular flexibility index (Phi) is 9.09. The molecular formula is C13H28N2O2. The molecule has 17 heavy (non-hydrogen) atoms. The van der Waals surface area contributed by atoms with Crippen molar-refractivity contribution in [2.75, 3.05) is 33.4 Å². The van der Waals surface area contributed by atoms with Gasteiger partial charge in [-0.15, -0.1) is 0 Å². The van der Waals surface area contributed by atoms with Crippen LogP contribution in [0.3, 0.4) is 0 Å². The fourth-order valence-electron chi connectivity index (χ4n) is 1.79. The van der Waals surface area contributed by atoms with E-state index in [2.05, 4.69) is 13.8 Å². The first-order valence-corrected chi connectivity index (χ1v) is 6.50. The van der Waals surface area contributed by atoms with E-state index in [4.69, 9.17) is 10.5 Å². The third-order valence-electron chi connectivity index (χ3n) is 2.73. The van der Waals surface area contributed by atoms with Gasteiger partial charge in [0.1, 0.15) is 0 Å². The van der Waals surface area contributed by atoms with Crippen molar-refractivity contribution in [3.8, 4) is 0 Å². The number of hydrogen-bond acceptors (Lipinski definition) is 3. The van der Waals surface area contributed by atoms with Gasteiger partial charge < -0.3 is 15.4 Å².